The molecule has 4 heteroatoms. The van der Waals surface area contributed by atoms with Crippen molar-refractivity contribution in [1.82, 2.24) is 14.8 Å². The van der Waals surface area contributed by atoms with Crippen LogP contribution in [0.4, 0.5) is 0 Å². The third-order valence-electron chi connectivity index (χ3n) is 5.91. The molecule has 110 valence electrons. The van der Waals surface area contributed by atoms with Gasteiger partial charge in [-0.2, -0.15) is 0 Å². The Balaban J connectivity index is 1.75. The lowest BCUT2D eigenvalue weighted by atomic mass is 9.49. The Morgan fingerprint density at radius 3 is 2.20 bits per heavy atom. The molecule has 5 rings (SSSR count). The molecule has 4 fully saturated rings. The number of hydrogen-bond acceptors (Lipinski definition) is 2. The topological polar surface area (TPSA) is 30.7 Å². The molecule has 0 N–H and O–H groups in total. The van der Waals surface area contributed by atoms with E-state index in [9.17, 15) is 0 Å². The number of nitrogens with zero attached hydrogens (tertiary/aromatic N) is 3. The van der Waals surface area contributed by atoms with Crippen LogP contribution < -0.4 is 0 Å². The minimum atomic E-state index is 0.372. The third kappa shape index (κ3) is 1.90. The molecule has 1 aromatic heterocycles. The Hall–Kier alpha value is -0.380. The SMILES string of the molecule is CCCn1c(CBr)nnc1C12CC3CC(CC(C3)C1)C2. The molecule has 0 saturated heterocycles. The van der Waals surface area contributed by atoms with Crippen molar-refractivity contribution < 1.29 is 0 Å². The highest BCUT2D eigenvalue weighted by molar-refractivity contribution is 9.08. The van der Waals surface area contributed by atoms with Gasteiger partial charge in [-0.1, -0.05) is 22.9 Å². The summed E-state index contributed by atoms with van der Waals surface area (Å²) in [4.78, 5) is 0. The van der Waals surface area contributed by atoms with Crippen LogP contribution in [0.2, 0.25) is 0 Å². The molecule has 0 unspecified atom stereocenters. The van der Waals surface area contributed by atoms with Crippen molar-refractivity contribution >= 4 is 15.9 Å². The predicted molar refractivity (Wildman–Crippen MR) is 82.8 cm³/mol. The van der Waals surface area contributed by atoms with Crippen LogP contribution in [0, 0.1) is 17.8 Å². The van der Waals surface area contributed by atoms with Crippen LogP contribution >= 0.6 is 15.9 Å². The van der Waals surface area contributed by atoms with Crippen LogP contribution in [0.15, 0.2) is 0 Å². The monoisotopic (exact) mass is 337 g/mol. The summed E-state index contributed by atoms with van der Waals surface area (Å²) in [6, 6.07) is 0. The molecule has 4 aliphatic rings. The van der Waals surface area contributed by atoms with Gasteiger partial charge in [0.1, 0.15) is 11.6 Å². The van der Waals surface area contributed by atoms with Gasteiger partial charge in [-0.15, -0.1) is 10.2 Å². The first-order chi connectivity index (χ1) is 9.74. The summed E-state index contributed by atoms with van der Waals surface area (Å²) in [7, 11) is 0. The van der Waals surface area contributed by atoms with Gasteiger partial charge in [-0.25, -0.2) is 0 Å². The normalized spacial score (nSPS) is 38.6. The van der Waals surface area contributed by atoms with Crippen LogP contribution in [-0.4, -0.2) is 14.8 Å². The lowest BCUT2D eigenvalue weighted by molar-refractivity contribution is -0.0112. The van der Waals surface area contributed by atoms with Crippen molar-refractivity contribution in [3.63, 3.8) is 0 Å². The van der Waals surface area contributed by atoms with E-state index in [-0.39, 0.29) is 0 Å². The Morgan fingerprint density at radius 1 is 1.10 bits per heavy atom. The highest BCUT2D eigenvalue weighted by atomic mass is 79.9. The fourth-order valence-electron chi connectivity index (χ4n) is 5.67. The number of rotatable bonds is 4. The molecular weight excluding hydrogens is 314 g/mol. The molecule has 4 saturated carbocycles. The van der Waals surface area contributed by atoms with Crippen LogP contribution in [0.3, 0.4) is 0 Å². The molecule has 0 amide bonds. The van der Waals surface area contributed by atoms with Crippen molar-refractivity contribution in [2.45, 2.75) is 69.2 Å². The molecule has 1 heterocycles. The second-order valence-corrected chi connectivity index (χ2v) is 7.98. The number of hydrogen-bond donors (Lipinski definition) is 0. The van der Waals surface area contributed by atoms with Crippen molar-refractivity contribution in [1.29, 1.82) is 0 Å². The van der Waals surface area contributed by atoms with Gasteiger partial charge >= 0.3 is 0 Å². The van der Waals surface area contributed by atoms with Gasteiger partial charge in [0.15, 0.2) is 0 Å². The first-order valence-electron chi connectivity index (χ1n) is 8.22. The highest BCUT2D eigenvalue weighted by Crippen LogP contribution is 2.60. The summed E-state index contributed by atoms with van der Waals surface area (Å²) in [5.41, 5.74) is 0.372. The average Bonchev–Trinajstić information content (AvgIpc) is 2.81. The van der Waals surface area contributed by atoms with Gasteiger partial charge in [0, 0.05) is 12.0 Å². The molecule has 1 aromatic rings. The molecule has 0 aromatic carbocycles. The van der Waals surface area contributed by atoms with E-state index < -0.39 is 0 Å². The van der Waals surface area contributed by atoms with Crippen LogP contribution in [-0.2, 0) is 17.3 Å². The molecule has 3 nitrogen and oxygen atoms in total. The minimum Gasteiger partial charge on any atom is -0.314 e. The zero-order valence-corrected chi connectivity index (χ0v) is 13.9. The minimum absolute atomic E-state index is 0.372. The van der Waals surface area contributed by atoms with E-state index in [0.29, 0.717) is 5.41 Å². The highest BCUT2D eigenvalue weighted by Gasteiger charge is 2.53. The standard InChI is InChI=1S/C16H24BrN3/c1-2-3-20-14(10-17)18-19-15(20)16-7-11-4-12(8-16)6-13(5-11)9-16/h11-13H,2-10H2,1H3. The van der Waals surface area contributed by atoms with Crippen LogP contribution in [0.5, 0.6) is 0 Å². The largest absolute Gasteiger partial charge is 0.314 e. The van der Waals surface area contributed by atoms with Crippen LogP contribution in [0.25, 0.3) is 0 Å². The zero-order chi connectivity index (χ0) is 13.7. The van der Waals surface area contributed by atoms with Crippen molar-refractivity contribution in [3.05, 3.63) is 11.6 Å². The average molecular weight is 338 g/mol. The van der Waals surface area contributed by atoms with E-state index in [1.165, 1.54) is 44.3 Å². The summed E-state index contributed by atoms with van der Waals surface area (Å²) >= 11 is 3.58. The van der Waals surface area contributed by atoms with E-state index in [1.54, 1.807) is 0 Å². The molecule has 4 bridgehead atoms. The fourth-order valence-corrected chi connectivity index (χ4v) is 6.08. The van der Waals surface area contributed by atoms with Crippen molar-refractivity contribution in [2.75, 3.05) is 0 Å². The summed E-state index contributed by atoms with van der Waals surface area (Å²) < 4.78 is 2.43. The second kappa shape index (κ2) is 4.82. The maximum Gasteiger partial charge on any atom is 0.143 e. The van der Waals surface area contributed by atoms with Crippen LogP contribution in [0.1, 0.15) is 63.5 Å². The van der Waals surface area contributed by atoms with E-state index in [4.69, 9.17) is 0 Å². The second-order valence-electron chi connectivity index (χ2n) is 7.42. The van der Waals surface area contributed by atoms with Crippen molar-refractivity contribution in [2.24, 2.45) is 17.8 Å². The van der Waals surface area contributed by atoms with E-state index >= 15 is 0 Å². The van der Waals surface area contributed by atoms with Gasteiger partial charge in [0.25, 0.3) is 0 Å². The maximum atomic E-state index is 4.68. The molecule has 20 heavy (non-hydrogen) atoms. The first kappa shape index (κ1) is 13.3. The summed E-state index contributed by atoms with van der Waals surface area (Å²) in [5, 5.41) is 9.98. The summed E-state index contributed by atoms with van der Waals surface area (Å²) in [5.74, 6) is 5.37. The van der Waals surface area contributed by atoms with E-state index in [2.05, 4.69) is 37.6 Å². The fraction of sp³-hybridized carbons (Fsp3) is 0.875. The summed E-state index contributed by atoms with van der Waals surface area (Å²) in [6.07, 6.45) is 9.78. The Bertz CT molecular complexity index is 473. The van der Waals surface area contributed by atoms with E-state index in [1.807, 2.05) is 0 Å². The lowest BCUT2D eigenvalue weighted by Crippen LogP contribution is -2.49. The summed E-state index contributed by atoms with van der Waals surface area (Å²) in [6.45, 7) is 3.33. The van der Waals surface area contributed by atoms with E-state index in [0.717, 1.165) is 41.9 Å². The Kier molecular flexibility index (Phi) is 3.21. The molecule has 0 radical (unpaired) electrons. The van der Waals surface area contributed by atoms with Gasteiger partial charge in [-0.3, -0.25) is 0 Å². The quantitative estimate of drug-likeness (QED) is 0.776. The zero-order valence-electron chi connectivity index (χ0n) is 12.3. The third-order valence-corrected chi connectivity index (χ3v) is 6.41. The molecule has 4 aliphatic carbocycles. The van der Waals surface area contributed by atoms with Gasteiger partial charge < -0.3 is 4.57 Å². The number of alkyl halides is 1. The smallest absolute Gasteiger partial charge is 0.143 e. The lowest BCUT2D eigenvalue weighted by Gasteiger charge is -2.56. The Morgan fingerprint density at radius 2 is 1.70 bits per heavy atom. The first-order valence-corrected chi connectivity index (χ1v) is 9.34. The maximum absolute atomic E-state index is 4.68. The van der Waals surface area contributed by atoms with Gasteiger partial charge in [0.05, 0.1) is 5.33 Å². The predicted octanol–water partition coefficient (Wildman–Crippen LogP) is 4.05. The van der Waals surface area contributed by atoms with Crippen molar-refractivity contribution in [3.8, 4) is 0 Å². The number of aromatic nitrogens is 3. The van der Waals surface area contributed by atoms with Gasteiger partial charge in [-0.05, 0) is 62.7 Å². The number of halogens is 1. The Labute approximate surface area is 129 Å². The molecular formula is C16H24BrN3. The molecule has 0 spiro atoms. The molecule has 0 atom stereocenters. The van der Waals surface area contributed by atoms with Gasteiger partial charge in [0.2, 0.25) is 0 Å². The molecule has 0 aliphatic heterocycles.